The zero-order valence-electron chi connectivity index (χ0n) is 12.0. The lowest BCUT2D eigenvalue weighted by molar-refractivity contribution is 0.0695. The summed E-state index contributed by atoms with van der Waals surface area (Å²) in [5.74, 6) is -1.26. The van der Waals surface area contributed by atoms with E-state index in [1.807, 2.05) is 0 Å². The highest BCUT2D eigenvalue weighted by molar-refractivity contribution is 7.89. The first kappa shape index (κ1) is 15.5. The molecule has 21 heavy (non-hydrogen) atoms. The monoisotopic (exact) mass is 307 g/mol. The third kappa shape index (κ3) is 3.22. The van der Waals surface area contributed by atoms with E-state index in [0.29, 0.717) is 10.8 Å². The van der Waals surface area contributed by atoms with Crippen LogP contribution in [-0.2, 0) is 10.0 Å². The fraction of sp³-hybridized carbons (Fsp3) is 0.267. The van der Waals surface area contributed by atoms with Crippen LogP contribution in [0.2, 0.25) is 0 Å². The summed E-state index contributed by atoms with van der Waals surface area (Å²) in [4.78, 5) is 11.3. The minimum absolute atomic E-state index is 0.204. The first-order chi connectivity index (χ1) is 9.62. The van der Waals surface area contributed by atoms with E-state index in [1.165, 1.54) is 6.07 Å². The van der Waals surface area contributed by atoms with Gasteiger partial charge in [0, 0.05) is 5.54 Å². The highest BCUT2D eigenvalue weighted by Crippen LogP contribution is 2.26. The van der Waals surface area contributed by atoms with Crippen LogP contribution < -0.4 is 4.72 Å². The van der Waals surface area contributed by atoms with Crippen LogP contribution in [0.5, 0.6) is 0 Å². The summed E-state index contributed by atoms with van der Waals surface area (Å²) >= 11 is 0. The van der Waals surface area contributed by atoms with Crippen LogP contribution in [0.3, 0.4) is 0 Å². The molecule has 0 heterocycles. The molecular formula is C15H17NO4S. The SMILES string of the molecule is CC(C)(C)NS(=O)(=O)c1ccc2ccccc2c1C(=O)O. The van der Waals surface area contributed by atoms with E-state index in [4.69, 9.17) is 0 Å². The summed E-state index contributed by atoms with van der Waals surface area (Å²) in [6.07, 6.45) is 0. The van der Waals surface area contributed by atoms with Gasteiger partial charge in [0.05, 0.1) is 10.5 Å². The molecule has 0 bridgehead atoms. The molecular weight excluding hydrogens is 290 g/mol. The Labute approximate surface area is 123 Å². The van der Waals surface area contributed by atoms with Gasteiger partial charge in [-0.1, -0.05) is 30.3 Å². The highest BCUT2D eigenvalue weighted by atomic mass is 32.2. The number of hydrogen-bond donors (Lipinski definition) is 2. The maximum Gasteiger partial charge on any atom is 0.337 e. The molecule has 0 aromatic heterocycles. The third-order valence-electron chi connectivity index (χ3n) is 2.83. The maximum absolute atomic E-state index is 12.4. The molecule has 2 aromatic carbocycles. The van der Waals surface area contributed by atoms with Gasteiger partial charge in [-0.2, -0.15) is 0 Å². The summed E-state index contributed by atoms with van der Waals surface area (Å²) in [6.45, 7) is 5.10. The summed E-state index contributed by atoms with van der Waals surface area (Å²) < 4.78 is 27.4. The van der Waals surface area contributed by atoms with Gasteiger partial charge in [0.1, 0.15) is 0 Å². The van der Waals surface area contributed by atoms with Crippen molar-refractivity contribution in [2.45, 2.75) is 31.2 Å². The second-order valence-corrected chi connectivity index (χ2v) is 7.47. The number of hydrogen-bond acceptors (Lipinski definition) is 3. The number of rotatable bonds is 3. The molecule has 0 amide bonds. The average Bonchev–Trinajstić information content (AvgIpc) is 2.34. The number of sulfonamides is 1. The molecule has 0 radical (unpaired) electrons. The lowest BCUT2D eigenvalue weighted by Gasteiger charge is -2.21. The quantitative estimate of drug-likeness (QED) is 0.913. The maximum atomic E-state index is 12.4. The van der Waals surface area contributed by atoms with Gasteiger partial charge in [-0.3, -0.25) is 0 Å². The molecule has 2 N–H and O–H groups in total. The summed E-state index contributed by atoms with van der Waals surface area (Å²) in [6, 6.07) is 9.75. The number of aromatic carboxylic acids is 1. The van der Waals surface area contributed by atoms with Crippen LogP contribution in [0.1, 0.15) is 31.1 Å². The molecule has 0 spiro atoms. The molecule has 5 nitrogen and oxygen atoms in total. The number of carbonyl (C=O) groups is 1. The van der Waals surface area contributed by atoms with Crippen molar-refractivity contribution in [3.8, 4) is 0 Å². The Morgan fingerprint density at radius 3 is 2.29 bits per heavy atom. The molecule has 0 aliphatic heterocycles. The molecule has 0 fully saturated rings. The first-order valence-electron chi connectivity index (χ1n) is 6.41. The standard InChI is InChI=1S/C15H17NO4S/c1-15(2,3)16-21(19,20)12-9-8-10-6-4-5-7-11(10)13(12)14(17)18/h4-9,16H,1-3H3,(H,17,18). The van der Waals surface area contributed by atoms with Crippen molar-refractivity contribution in [1.29, 1.82) is 0 Å². The van der Waals surface area contributed by atoms with Crippen molar-refractivity contribution in [1.82, 2.24) is 4.72 Å². The summed E-state index contributed by atoms with van der Waals surface area (Å²) in [5, 5.41) is 10.5. The van der Waals surface area contributed by atoms with E-state index < -0.39 is 21.5 Å². The van der Waals surface area contributed by atoms with E-state index in [1.54, 1.807) is 51.1 Å². The molecule has 6 heteroatoms. The molecule has 0 atom stereocenters. The van der Waals surface area contributed by atoms with Crippen LogP contribution in [0.4, 0.5) is 0 Å². The Bertz CT molecular complexity index is 804. The van der Waals surface area contributed by atoms with Gasteiger partial charge in [0.2, 0.25) is 10.0 Å². The number of fused-ring (bicyclic) bond motifs is 1. The van der Waals surface area contributed by atoms with Gasteiger partial charge in [0.15, 0.2) is 0 Å². The number of nitrogens with one attached hydrogen (secondary N) is 1. The Morgan fingerprint density at radius 2 is 1.71 bits per heavy atom. The van der Waals surface area contributed by atoms with Gasteiger partial charge < -0.3 is 5.11 Å². The lowest BCUT2D eigenvalue weighted by atomic mass is 10.0. The molecule has 0 saturated carbocycles. The van der Waals surface area contributed by atoms with Crippen molar-refractivity contribution in [3.05, 3.63) is 42.0 Å². The van der Waals surface area contributed by atoms with Crippen molar-refractivity contribution in [2.75, 3.05) is 0 Å². The van der Waals surface area contributed by atoms with Crippen molar-refractivity contribution in [2.24, 2.45) is 0 Å². The summed E-state index contributed by atoms with van der Waals surface area (Å²) in [5.41, 5.74) is -0.898. The Balaban J connectivity index is 2.76. The Hall–Kier alpha value is -1.92. The average molecular weight is 307 g/mol. The first-order valence-corrected chi connectivity index (χ1v) is 7.89. The van der Waals surface area contributed by atoms with Crippen LogP contribution >= 0.6 is 0 Å². The van der Waals surface area contributed by atoms with Gasteiger partial charge in [-0.25, -0.2) is 17.9 Å². The molecule has 2 aromatic rings. The fourth-order valence-electron chi connectivity index (χ4n) is 2.15. The van der Waals surface area contributed by atoms with E-state index in [-0.39, 0.29) is 10.5 Å². The Morgan fingerprint density at radius 1 is 1.10 bits per heavy atom. The zero-order valence-corrected chi connectivity index (χ0v) is 12.9. The third-order valence-corrected chi connectivity index (χ3v) is 4.64. The molecule has 0 saturated heterocycles. The van der Waals surface area contributed by atoms with E-state index >= 15 is 0 Å². The van der Waals surface area contributed by atoms with Crippen molar-refractivity contribution < 1.29 is 18.3 Å². The van der Waals surface area contributed by atoms with Crippen LogP contribution in [-0.4, -0.2) is 25.0 Å². The van der Waals surface area contributed by atoms with E-state index in [0.717, 1.165) is 0 Å². The molecule has 2 rings (SSSR count). The minimum Gasteiger partial charge on any atom is -0.478 e. The fourth-order valence-corrected chi connectivity index (χ4v) is 3.78. The van der Waals surface area contributed by atoms with Crippen LogP contribution in [0, 0.1) is 0 Å². The topological polar surface area (TPSA) is 83.5 Å². The van der Waals surface area contributed by atoms with Gasteiger partial charge >= 0.3 is 5.97 Å². The largest absolute Gasteiger partial charge is 0.478 e. The predicted octanol–water partition coefficient (Wildman–Crippen LogP) is 2.61. The molecule has 112 valence electrons. The van der Waals surface area contributed by atoms with E-state index in [9.17, 15) is 18.3 Å². The number of carboxylic acids is 1. The normalized spacial score (nSPS) is 12.5. The predicted molar refractivity (Wildman–Crippen MR) is 81.0 cm³/mol. The molecule has 0 aliphatic rings. The van der Waals surface area contributed by atoms with Crippen molar-refractivity contribution in [3.63, 3.8) is 0 Å². The Kier molecular flexibility index (Phi) is 3.78. The zero-order chi connectivity index (χ0) is 15.8. The van der Waals surface area contributed by atoms with Crippen LogP contribution in [0.25, 0.3) is 10.8 Å². The number of carboxylic acid groups (broad SMARTS) is 1. The summed E-state index contributed by atoms with van der Waals surface area (Å²) in [7, 11) is -3.92. The number of benzene rings is 2. The van der Waals surface area contributed by atoms with E-state index in [2.05, 4.69) is 4.72 Å². The molecule has 0 unspecified atom stereocenters. The van der Waals surface area contributed by atoms with Gasteiger partial charge in [0.25, 0.3) is 0 Å². The molecule has 0 aliphatic carbocycles. The minimum atomic E-state index is -3.92. The lowest BCUT2D eigenvalue weighted by Crippen LogP contribution is -2.41. The van der Waals surface area contributed by atoms with Gasteiger partial charge in [-0.15, -0.1) is 0 Å². The van der Waals surface area contributed by atoms with Crippen molar-refractivity contribution >= 4 is 26.8 Å². The second-order valence-electron chi connectivity index (χ2n) is 5.82. The smallest absolute Gasteiger partial charge is 0.337 e. The van der Waals surface area contributed by atoms with Crippen LogP contribution in [0.15, 0.2) is 41.3 Å². The van der Waals surface area contributed by atoms with Gasteiger partial charge in [-0.05, 0) is 37.6 Å². The highest BCUT2D eigenvalue weighted by Gasteiger charge is 2.28. The second kappa shape index (κ2) is 5.13.